The number of sulfone groups is 1. The molecule has 168 valence electrons. The average molecular weight is 454 g/mol. The van der Waals surface area contributed by atoms with Gasteiger partial charge in [0.25, 0.3) is 5.91 Å². The van der Waals surface area contributed by atoms with Gasteiger partial charge < -0.3 is 10.1 Å². The Morgan fingerprint density at radius 1 is 1.06 bits per heavy atom. The number of para-hydroxylation sites is 1. The Morgan fingerprint density at radius 3 is 2.44 bits per heavy atom. The largest absolute Gasteiger partial charge is 0.457 e. The number of aromatic nitrogens is 2. The predicted molar refractivity (Wildman–Crippen MR) is 124 cm³/mol. The lowest BCUT2D eigenvalue weighted by atomic mass is 9.92. The van der Waals surface area contributed by atoms with Gasteiger partial charge in [0.1, 0.15) is 17.3 Å². The molecule has 0 saturated carbocycles. The van der Waals surface area contributed by atoms with Crippen LogP contribution in [0, 0.1) is 0 Å². The normalized spacial score (nSPS) is 17.8. The fraction of sp³-hybridized carbons (Fsp3) is 0.333. The van der Waals surface area contributed by atoms with E-state index in [-0.39, 0.29) is 28.9 Å². The average Bonchev–Trinajstić information content (AvgIpc) is 3.32. The summed E-state index contributed by atoms with van der Waals surface area (Å²) in [5.41, 5.74) is 0.979. The van der Waals surface area contributed by atoms with Gasteiger partial charge in [-0.25, -0.2) is 13.1 Å². The molecule has 1 amide bonds. The van der Waals surface area contributed by atoms with Crippen molar-refractivity contribution in [3.05, 3.63) is 71.9 Å². The lowest BCUT2D eigenvalue weighted by molar-refractivity contribution is 0.102. The van der Waals surface area contributed by atoms with Crippen molar-refractivity contribution in [1.82, 2.24) is 9.78 Å². The zero-order valence-corrected chi connectivity index (χ0v) is 19.2. The molecular formula is C24H27N3O4S. The zero-order chi connectivity index (χ0) is 22.9. The summed E-state index contributed by atoms with van der Waals surface area (Å²) in [6.07, 6.45) is 0.483. The molecule has 0 unspecified atom stereocenters. The quantitative estimate of drug-likeness (QED) is 0.610. The fourth-order valence-corrected chi connectivity index (χ4v) is 5.31. The highest BCUT2D eigenvalue weighted by molar-refractivity contribution is 7.91. The van der Waals surface area contributed by atoms with Crippen molar-refractivity contribution < 1.29 is 17.9 Å². The van der Waals surface area contributed by atoms with E-state index in [0.29, 0.717) is 29.3 Å². The van der Waals surface area contributed by atoms with Crippen LogP contribution in [0.15, 0.2) is 60.7 Å². The fourth-order valence-electron chi connectivity index (χ4n) is 3.61. The molecule has 1 aliphatic heterocycles. The molecule has 1 fully saturated rings. The third-order valence-electron chi connectivity index (χ3n) is 5.38. The van der Waals surface area contributed by atoms with Gasteiger partial charge in [0, 0.05) is 17.0 Å². The molecule has 32 heavy (non-hydrogen) atoms. The highest BCUT2D eigenvalue weighted by Crippen LogP contribution is 2.31. The van der Waals surface area contributed by atoms with E-state index in [9.17, 15) is 13.2 Å². The monoisotopic (exact) mass is 453 g/mol. The topological polar surface area (TPSA) is 90.3 Å². The molecule has 1 aromatic heterocycles. The van der Waals surface area contributed by atoms with Crippen molar-refractivity contribution in [2.45, 2.75) is 38.6 Å². The Labute approximate surface area is 188 Å². The summed E-state index contributed by atoms with van der Waals surface area (Å²) in [6, 6.07) is 17.8. The van der Waals surface area contributed by atoms with Crippen LogP contribution >= 0.6 is 0 Å². The van der Waals surface area contributed by atoms with Crippen molar-refractivity contribution in [3.63, 3.8) is 0 Å². The molecule has 2 heterocycles. The number of nitrogens with one attached hydrogen (secondary N) is 1. The maximum atomic E-state index is 13.0. The van der Waals surface area contributed by atoms with Crippen molar-refractivity contribution in [2.75, 3.05) is 16.8 Å². The minimum atomic E-state index is -3.09. The van der Waals surface area contributed by atoms with Crippen LogP contribution in [-0.2, 0) is 15.3 Å². The van der Waals surface area contributed by atoms with E-state index in [1.54, 1.807) is 28.9 Å². The molecule has 7 nitrogen and oxygen atoms in total. The van der Waals surface area contributed by atoms with E-state index in [0.717, 1.165) is 5.69 Å². The number of hydrogen-bond donors (Lipinski definition) is 1. The van der Waals surface area contributed by atoms with Gasteiger partial charge in [0.05, 0.1) is 23.2 Å². The van der Waals surface area contributed by atoms with Crippen LogP contribution in [0.2, 0.25) is 0 Å². The number of carbonyl (C=O) groups is 1. The number of carbonyl (C=O) groups excluding carboxylic acids is 1. The third-order valence-corrected chi connectivity index (χ3v) is 7.13. The number of anilines is 1. The molecule has 0 bridgehead atoms. The summed E-state index contributed by atoms with van der Waals surface area (Å²) in [4.78, 5) is 13.0. The van der Waals surface area contributed by atoms with Crippen LogP contribution in [0.4, 0.5) is 5.82 Å². The Hall–Kier alpha value is -3.13. The molecule has 0 radical (unpaired) electrons. The van der Waals surface area contributed by atoms with Crippen LogP contribution in [0.3, 0.4) is 0 Å². The number of rotatable bonds is 5. The van der Waals surface area contributed by atoms with Crippen molar-refractivity contribution in [3.8, 4) is 11.5 Å². The smallest absolute Gasteiger partial charge is 0.256 e. The SMILES string of the molecule is CC(C)(C)c1cc(NC(=O)c2cccc(Oc3ccccc3)c2)n([C@@H]2CCS(=O)(=O)C2)n1. The molecule has 1 atom stereocenters. The first-order valence-electron chi connectivity index (χ1n) is 10.6. The second-order valence-electron chi connectivity index (χ2n) is 9.06. The molecule has 8 heteroatoms. The molecule has 4 rings (SSSR count). The number of hydrogen-bond acceptors (Lipinski definition) is 5. The van der Waals surface area contributed by atoms with Crippen molar-refractivity contribution in [1.29, 1.82) is 0 Å². The minimum Gasteiger partial charge on any atom is -0.457 e. The van der Waals surface area contributed by atoms with Crippen LogP contribution in [0.5, 0.6) is 11.5 Å². The molecule has 2 aromatic carbocycles. The van der Waals surface area contributed by atoms with Gasteiger partial charge in [0.15, 0.2) is 9.84 Å². The number of nitrogens with zero attached hydrogens (tertiary/aromatic N) is 2. The lowest BCUT2D eigenvalue weighted by Gasteiger charge is -2.15. The second kappa shape index (κ2) is 8.43. The summed E-state index contributed by atoms with van der Waals surface area (Å²) < 4.78 is 31.5. The molecule has 1 N–H and O–H groups in total. The second-order valence-corrected chi connectivity index (χ2v) is 11.3. The first-order valence-corrected chi connectivity index (χ1v) is 12.4. The highest BCUT2D eigenvalue weighted by Gasteiger charge is 2.33. The molecule has 0 spiro atoms. The maximum absolute atomic E-state index is 13.0. The summed E-state index contributed by atoms with van der Waals surface area (Å²) in [5.74, 6) is 1.58. The van der Waals surface area contributed by atoms with Gasteiger partial charge in [-0.2, -0.15) is 5.10 Å². The minimum absolute atomic E-state index is 0.0293. The number of benzene rings is 2. The van der Waals surface area contributed by atoms with Gasteiger partial charge in [-0.15, -0.1) is 0 Å². The lowest BCUT2D eigenvalue weighted by Crippen LogP contribution is -2.20. The van der Waals surface area contributed by atoms with E-state index < -0.39 is 9.84 Å². The van der Waals surface area contributed by atoms with Crippen LogP contribution in [-0.4, -0.2) is 35.6 Å². The predicted octanol–water partition coefficient (Wildman–Crippen LogP) is 4.58. The molecule has 0 aliphatic carbocycles. The number of amides is 1. The van der Waals surface area contributed by atoms with Gasteiger partial charge in [-0.1, -0.05) is 45.0 Å². The third kappa shape index (κ3) is 5.02. The van der Waals surface area contributed by atoms with Crippen LogP contribution < -0.4 is 10.1 Å². The molecule has 3 aromatic rings. The zero-order valence-electron chi connectivity index (χ0n) is 18.4. The first-order chi connectivity index (χ1) is 15.1. The summed E-state index contributed by atoms with van der Waals surface area (Å²) >= 11 is 0. The maximum Gasteiger partial charge on any atom is 0.256 e. The van der Waals surface area contributed by atoms with E-state index in [1.165, 1.54) is 0 Å². The Balaban J connectivity index is 1.59. The Kier molecular flexibility index (Phi) is 5.81. The molecular weight excluding hydrogens is 426 g/mol. The number of ether oxygens (including phenoxy) is 1. The van der Waals surface area contributed by atoms with E-state index >= 15 is 0 Å². The Bertz CT molecular complexity index is 1230. The van der Waals surface area contributed by atoms with Gasteiger partial charge in [0.2, 0.25) is 0 Å². The molecule has 1 aliphatic rings. The summed E-state index contributed by atoms with van der Waals surface area (Å²) in [7, 11) is -3.09. The first kappa shape index (κ1) is 22.1. The van der Waals surface area contributed by atoms with Crippen LogP contribution in [0.25, 0.3) is 0 Å². The van der Waals surface area contributed by atoms with Gasteiger partial charge in [-0.3, -0.25) is 4.79 Å². The van der Waals surface area contributed by atoms with Crippen molar-refractivity contribution >= 4 is 21.6 Å². The van der Waals surface area contributed by atoms with Crippen LogP contribution in [0.1, 0.15) is 49.3 Å². The van der Waals surface area contributed by atoms with E-state index in [4.69, 9.17) is 4.74 Å². The summed E-state index contributed by atoms with van der Waals surface area (Å²) in [6.45, 7) is 6.09. The highest BCUT2D eigenvalue weighted by atomic mass is 32.2. The standard InChI is InChI=1S/C24H27N3O4S/c1-24(2,3)21-15-22(27(26-21)18-12-13-32(29,30)16-18)25-23(28)17-8-7-11-20(14-17)31-19-9-5-4-6-10-19/h4-11,14-15,18H,12-13,16H2,1-3H3,(H,25,28)/t18-/m1/s1. The van der Waals surface area contributed by atoms with Crippen molar-refractivity contribution in [2.24, 2.45) is 0 Å². The van der Waals surface area contributed by atoms with Gasteiger partial charge in [-0.05, 0) is 36.8 Å². The van der Waals surface area contributed by atoms with E-state index in [2.05, 4.69) is 10.4 Å². The van der Waals surface area contributed by atoms with Gasteiger partial charge >= 0.3 is 0 Å². The Morgan fingerprint density at radius 2 is 1.78 bits per heavy atom. The van der Waals surface area contributed by atoms with E-state index in [1.807, 2.05) is 57.2 Å². The molecule has 1 saturated heterocycles. The summed E-state index contributed by atoms with van der Waals surface area (Å²) in [5, 5.41) is 7.59.